The van der Waals surface area contributed by atoms with Crippen molar-refractivity contribution < 1.29 is 19.1 Å². The van der Waals surface area contributed by atoms with Gasteiger partial charge in [0.15, 0.2) is 0 Å². The first-order valence-electron chi connectivity index (χ1n) is 7.78. The van der Waals surface area contributed by atoms with Crippen LogP contribution in [0, 0.1) is 0 Å². The van der Waals surface area contributed by atoms with Crippen LogP contribution in [0.2, 0.25) is 0 Å². The van der Waals surface area contributed by atoms with Gasteiger partial charge < -0.3 is 25.4 Å². The highest BCUT2D eigenvalue weighted by atomic mass is 16.6. The van der Waals surface area contributed by atoms with E-state index < -0.39 is 5.60 Å². The molecule has 0 aromatic rings. The molecule has 1 rings (SSSR count). The monoisotopic (exact) mass is 315 g/mol. The lowest BCUT2D eigenvalue weighted by molar-refractivity contribution is -0.120. The third-order valence-electron chi connectivity index (χ3n) is 3.33. The van der Waals surface area contributed by atoms with Gasteiger partial charge >= 0.3 is 6.09 Å². The van der Waals surface area contributed by atoms with Crippen LogP contribution in [0.1, 0.15) is 40.0 Å². The molecule has 0 bridgehead atoms. The predicted molar refractivity (Wildman–Crippen MR) is 83.7 cm³/mol. The number of alkyl carbamates (subject to hydrolysis) is 1. The highest BCUT2D eigenvalue weighted by Crippen LogP contribution is 2.19. The molecule has 22 heavy (non-hydrogen) atoms. The Balaban J connectivity index is 2.17. The van der Waals surface area contributed by atoms with Crippen LogP contribution >= 0.6 is 0 Å². The zero-order valence-corrected chi connectivity index (χ0v) is 14.0. The van der Waals surface area contributed by atoms with Crippen molar-refractivity contribution in [3.8, 4) is 0 Å². The summed E-state index contributed by atoms with van der Waals surface area (Å²) in [5, 5.41) is 8.85. The third kappa shape index (κ3) is 8.19. The summed E-state index contributed by atoms with van der Waals surface area (Å²) >= 11 is 0. The smallest absolute Gasteiger partial charge is 0.407 e. The molecule has 1 saturated carbocycles. The molecular weight excluding hydrogens is 286 g/mol. The molecule has 1 aliphatic carbocycles. The van der Waals surface area contributed by atoms with Crippen molar-refractivity contribution in [2.45, 2.75) is 57.7 Å². The lowest BCUT2D eigenvalue weighted by Gasteiger charge is -2.21. The lowest BCUT2D eigenvalue weighted by Crippen LogP contribution is -2.41. The van der Waals surface area contributed by atoms with Crippen LogP contribution in [0.4, 0.5) is 4.79 Å². The van der Waals surface area contributed by atoms with Gasteiger partial charge in [-0.2, -0.15) is 0 Å². The van der Waals surface area contributed by atoms with Crippen LogP contribution in [0.5, 0.6) is 0 Å². The number of carbonyl (C=O) groups excluding carboxylic acids is 2. The van der Waals surface area contributed by atoms with Crippen LogP contribution in [-0.4, -0.2) is 56.5 Å². The Morgan fingerprint density at radius 2 is 1.86 bits per heavy atom. The molecule has 1 aliphatic rings. The standard InChI is InChI=1S/C15H29N3O4/c1-15(2,3)22-14(20)18-12-6-5-11(9-12)17-10-13(19)16-7-8-21-4/h11-12,17H,5-10H2,1-4H3,(H,16,19)(H,18,20). The van der Waals surface area contributed by atoms with Gasteiger partial charge in [0.05, 0.1) is 13.2 Å². The number of methoxy groups -OCH3 is 1. The molecule has 0 aromatic heterocycles. The Hall–Kier alpha value is -1.34. The number of hydrogen-bond donors (Lipinski definition) is 3. The van der Waals surface area contributed by atoms with E-state index in [9.17, 15) is 9.59 Å². The van der Waals surface area contributed by atoms with Crippen LogP contribution in [-0.2, 0) is 14.3 Å². The number of nitrogens with one attached hydrogen (secondary N) is 3. The minimum Gasteiger partial charge on any atom is -0.444 e. The van der Waals surface area contributed by atoms with E-state index >= 15 is 0 Å². The summed E-state index contributed by atoms with van der Waals surface area (Å²) in [5.74, 6) is -0.0411. The average molecular weight is 315 g/mol. The minimum atomic E-state index is -0.485. The van der Waals surface area contributed by atoms with E-state index in [2.05, 4.69) is 16.0 Å². The van der Waals surface area contributed by atoms with Gasteiger partial charge in [0.1, 0.15) is 5.60 Å². The molecule has 0 heterocycles. The maximum atomic E-state index is 11.7. The van der Waals surface area contributed by atoms with Gasteiger partial charge in [0.25, 0.3) is 0 Å². The normalized spacial score (nSPS) is 21.5. The molecule has 2 amide bonds. The first kappa shape index (κ1) is 18.7. The molecule has 2 unspecified atom stereocenters. The Bertz CT molecular complexity index is 368. The summed E-state index contributed by atoms with van der Waals surface area (Å²) in [6, 6.07) is 0.344. The zero-order valence-electron chi connectivity index (χ0n) is 14.0. The zero-order chi connectivity index (χ0) is 16.6. The van der Waals surface area contributed by atoms with E-state index in [-0.39, 0.29) is 30.6 Å². The van der Waals surface area contributed by atoms with Crippen LogP contribution in [0.15, 0.2) is 0 Å². The molecule has 2 atom stereocenters. The van der Waals surface area contributed by atoms with E-state index in [1.807, 2.05) is 20.8 Å². The van der Waals surface area contributed by atoms with E-state index in [1.165, 1.54) is 0 Å². The number of rotatable bonds is 7. The molecule has 0 radical (unpaired) electrons. The van der Waals surface area contributed by atoms with Crippen LogP contribution in [0.25, 0.3) is 0 Å². The minimum absolute atomic E-state index is 0.0411. The summed E-state index contributed by atoms with van der Waals surface area (Å²) in [6.45, 7) is 6.84. The van der Waals surface area contributed by atoms with E-state index in [1.54, 1.807) is 7.11 Å². The van der Waals surface area contributed by atoms with Crippen molar-refractivity contribution in [1.29, 1.82) is 0 Å². The molecule has 3 N–H and O–H groups in total. The molecule has 0 aromatic carbocycles. The molecule has 7 nitrogen and oxygen atoms in total. The maximum absolute atomic E-state index is 11.7. The topological polar surface area (TPSA) is 88.7 Å². The molecule has 7 heteroatoms. The van der Waals surface area contributed by atoms with Crippen molar-refractivity contribution in [2.75, 3.05) is 26.8 Å². The maximum Gasteiger partial charge on any atom is 0.407 e. The highest BCUT2D eigenvalue weighted by Gasteiger charge is 2.27. The van der Waals surface area contributed by atoms with Crippen LogP contribution in [0.3, 0.4) is 0 Å². The summed E-state index contributed by atoms with van der Waals surface area (Å²) in [7, 11) is 1.60. The first-order valence-corrected chi connectivity index (χ1v) is 7.78. The van der Waals surface area contributed by atoms with Crippen molar-refractivity contribution in [3.05, 3.63) is 0 Å². The number of ether oxygens (including phenoxy) is 2. The highest BCUT2D eigenvalue weighted by molar-refractivity contribution is 5.78. The van der Waals surface area contributed by atoms with Gasteiger partial charge in [-0.3, -0.25) is 4.79 Å². The molecule has 0 spiro atoms. The van der Waals surface area contributed by atoms with Gasteiger partial charge in [-0.15, -0.1) is 0 Å². The predicted octanol–water partition coefficient (Wildman–Crippen LogP) is 0.784. The largest absolute Gasteiger partial charge is 0.444 e. The van der Waals surface area contributed by atoms with Gasteiger partial charge in [0, 0.05) is 25.7 Å². The van der Waals surface area contributed by atoms with Gasteiger partial charge in [-0.25, -0.2) is 4.79 Å². The second-order valence-electron chi connectivity index (χ2n) is 6.58. The van der Waals surface area contributed by atoms with Gasteiger partial charge in [0.2, 0.25) is 5.91 Å². The fourth-order valence-corrected chi connectivity index (χ4v) is 2.36. The fourth-order valence-electron chi connectivity index (χ4n) is 2.36. The Labute approximate surface area is 132 Å². The van der Waals surface area contributed by atoms with E-state index in [4.69, 9.17) is 9.47 Å². The number of hydrogen-bond acceptors (Lipinski definition) is 5. The SMILES string of the molecule is COCCNC(=O)CNC1CCC(NC(=O)OC(C)(C)C)C1. The van der Waals surface area contributed by atoms with Crippen molar-refractivity contribution in [1.82, 2.24) is 16.0 Å². The first-order chi connectivity index (χ1) is 10.3. The summed E-state index contributed by atoms with van der Waals surface area (Å²) in [4.78, 5) is 23.3. The average Bonchev–Trinajstić information content (AvgIpc) is 2.82. The molecule has 128 valence electrons. The van der Waals surface area contributed by atoms with E-state index in [0.717, 1.165) is 19.3 Å². The summed E-state index contributed by atoms with van der Waals surface area (Å²) < 4.78 is 10.1. The van der Waals surface area contributed by atoms with Gasteiger partial charge in [-0.05, 0) is 40.0 Å². The molecular formula is C15H29N3O4. The van der Waals surface area contributed by atoms with Crippen molar-refractivity contribution in [2.24, 2.45) is 0 Å². The number of carbonyl (C=O) groups is 2. The Kier molecular flexibility index (Phi) is 7.61. The quantitative estimate of drug-likeness (QED) is 0.604. The summed E-state index contributed by atoms with van der Waals surface area (Å²) in [6.07, 6.45) is 2.26. The van der Waals surface area contributed by atoms with Crippen molar-refractivity contribution >= 4 is 12.0 Å². The second kappa shape index (κ2) is 8.95. The Morgan fingerprint density at radius 3 is 2.50 bits per heavy atom. The fraction of sp³-hybridized carbons (Fsp3) is 0.867. The lowest BCUT2D eigenvalue weighted by atomic mass is 10.2. The molecule has 0 saturated heterocycles. The van der Waals surface area contributed by atoms with Crippen molar-refractivity contribution in [3.63, 3.8) is 0 Å². The second-order valence-corrected chi connectivity index (χ2v) is 6.58. The molecule has 0 aliphatic heterocycles. The number of amides is 2. The van der Waals surface area contributed by atoms with Crippen LogP contribution < -0.4 is 16.0 Å². The Morgan fingerprint density at radius 1 is 1.18 bits per heavy atom. The molecule has 1 fully saturated rings. The van der Waals surface area contributed by atoms with E-state index in [0.29, 0.717) is 13.2 Å². The summed E-state index contributed by atoms with van der Waals surface area (Å²) in [5.41, 5.74) is -0.485. The third-order valence-corrected chi connectivity index (χ3v) is 3.33. The van der Waals surface area contributed by atoms with Gasteiger partial charge in [-0.1, -0.05) is 0 Å².